The number of benzene rings is 1. The molecule has 0 amide bonds. The monoisotopic (exact) mass is 494 g/mol. The van der Waals surface area contributed by atoms with Crippen LogP contribution in [0.4, 0.5) is 5.69 Å². The van der Waals surface area contributed by atoms with Crippen LogP contribution in [0.5, 0.6) is 11.5 Å². The second-order valence-electron chi connectivity index (χ2n) is 6.25. The number of guanidine groups is 1. The summed E-state index contributed by atoms with van der Waals surface area (Å²) < 4.78 is 13.3. The van der Waals surface area contributed by atoms with Gasteiger partial charge in [0.25, 0.3) is 0 Å². The van der Waals surface area contributed by atoms with Gasteiger partial charge in [0.15, 0.2) is 23.1 Å². The zero-order valence-electron chi connectivity index (χ0n) is 15.4. The van der Waals surface area contributed by atoms with Crippen molar-refractivity contribution in [2.75, 3.05) is 25.1 Å². The van der Waals surface area contributed by atoms with E-state index in [2.05, 4.69) is 20.5 Å². The number of nitrogens with one attached hydrogen (secondary N) is 1. The molecule has 0 bridgehead atoms. The van der Waals surface area contributed by atoms with Crippen molar-refractivity contribution >= 4 is 41.3 Å². The Labute approximate surface area is 180 Å². The smallest absolute Gasteiger partial charge is 0.193 e. The second kappa shape index (κ2) is 9.58. The summed E-state index contributed by atoms with van der Waals surface area (Å²) in [5, 5.41) is 11.5. The number of hydrogen-bond acceptors (Lipinski definition) is 5. The van der Waals surface area contributed by atoms with E-state index >= 15 is 0 Å². The Morgan fingerprint density at radius 1 is 1.14 bits per heavy atom. The van der Waals surface area contributed by atoms with Gasteiger partial charge in [0.05, 0.1) is 13.2 Å². The highest BCUT2D eigenvalue weighted by Crippen LogP contribution is 2.32. The molecule has 1 aliphatic rings. The number of rotatable bonds is 5. The third-order valence-electron chi connectivity index (χ3n) is 4.24. The van der Waals surface area contributed by atoms with E-state index in [1.807, 2.05) is 47.0 Å². The van der Waals surface area contributed by atoms with Crippen molar-refractivity contribution in [1.29, 1.82) is 0 Å². The zero-order valence-corrected chi connectivity index (χ0v) is 17.7. The van der Waals surface area contributed by atoms with E-state index in [4.69, 9.17) is 15.2 Å². The van der Waals surface area contributed by atoms with E-state index in [0.29, 0.717) is 25.7 Å². The van der Waals surface area contributed by atoms with Crippen molar-refractivity contribution in [3.05, 3.63) is 48.4 Å². The average molecular weight is 494 g/mol. The lowest BCUT2D eigenvalue weighted by atomic mass is 10.2. The molecule has 0 unspecified atom stereocenters. The molecule has 1 aromatic carbocycles. The van der Waals surface area contributed by atoms with E-state index in [0.717, 1.165) is 47.9 Å². The maximum Gasteiger partial charge on any atom is 0.193 e. The van der Waals surface area contributed by atoms with Gasteiger partial charge in [-0.2, -0.15) is 0 Å². The number of nitrogens with two attached hydrogens (primary N) is 1. The van der Waals surface area contributed by atoms with Crippen LogP contribution in [0.2, 0.25) is 0 Å². The molecule has 3 heterocycles. The van der Waals surface area contributed by atoms with Crippen LogP contribution in [0, 0.1) is 0 Å². The molecule has 28 heavy (non-hydrogen) atoms. The van der Waals surface area contributed by atoms with Crippen molar-refractivity contribution in [3.63, 3.8) is 0 Å². The number of pyridine rings is 1. The first-order valence-corrected chi connectivity index (χ1v) is 9.05. The number of aromatic nitrogens is 3. The summed E-state index contributed by atoms with van der Waals surface area (Å²) in [6.07, 6.45) is 4.46. The van der Waals surface area contributed by atoms with Gasteiger partial charge in [-0.1, -0.05) is 6.07 Å². The number of halogens is 1. The van der Waals surface area contributed by atoms with Crippen LogP contribution in [0.1, 0.15) is 18.7 Å². The highest BCUT2D eigenvalue weighted by atomic mass is 127. The Hall–Kier alpha value is -2.56. The molecule has 2 aromatic heterocycles. The van der Waals surface area contributed by atoms with E-state index in [1.165, 1.54) is 0 Å². The third-order valence-corrected chi connectivity index (χ3v) is 4.24. The second-order valence-corrected chi connectivity index (χ2v) is 6.25. The van der Waals surface area contributed by atoms with Gasteiger partial charge in [0, 0.05) is 37.3 Å². The molecule has 8 nitrogen and oxygen atoms in total. The zero-order chi connectivity index (χ0) is 18.5. The lowest BCUT2D eigenvalue weighted by molar-refractivity contribution is 0.297. The molecule has 0 radical (unpaired) electrons. The molecule has 0 fully saturated rings. The SMILES string of the molecule is I.NC(=NCCCc1nnc2ccccn12)Nc1ccc2c(c1)OCCCO2. The number of aliphatic imine (C=N–C) groups is 1. The summed E-state index contributed by atoms with van der Waals surface area (Å²) in [5.41, 5.74) is 7.67. The largest absolute Gasteiger partial charge is 0.490 e. The Kier molecular flexibility index (Phi) is 6.90. The van der Waals surface area contributed by atoms with Crippen LogP contribution in [-0.4, -0.2) is 40.3 Å². The minimum Gasteiger partial charge on any atom is -0.490 e. The fourth-order valence-corrected chi connectivity index (χ4v) is 2.93. The minimum atomic E-state index is 0. The highest BCUT2D eigenvalue weighted by Gasteiger charge is 2.11. The maximum absolute atomic E-state index is 6.00. The summed E-state index contributed by atoms with van der Waals surface area (Å²) in [7, 11) is 0. The molecule has 9 heteroatoms. The van der Waals surface area contributed by atoms with E-state index in [1.54, 1.807) is 0 Å². The average Bonchev–Trinajstić information content (AvgIpc) is 2.94. The molecule has 0 atom stereocenters. The first-order valence-electron chi connectivity index (χ1n) is 9.05. The Bertz CT molecular complexity index is 959. The lowest BCUT2D eigenvalue weighted by Crippen LogP contribution is -2.23. The Balaban J connectivity index is 0.00000225. The van der Waals surface area contributed by atoms with Gasteiger partial charge in [-0.15, -0.1) is 34.2 Å². The Morgan fingerprint density at radius 3 is 2.89 bits per heavy atom. The van der Waals surface area contributed by atoms with Crippen molar-refractivity contribution in [2.45, 2.75) is 19.3 Å². The summed E-state index contributed by atoms with van der Waals surface area (Å²) >= 11 is 0. The van der Waals surface area contributed by atoms with Crippen molar-refractivity contribution in [3.8, 4) is 11.5 Å². The van der Waals surface area contributed by atoms with Crippen molar-refractivity contribution < 1.29 is 9.47 Å². The van der Waals surface area contributed by atoms with Crippen LogP contribution in [-0.2, 0) is 6.42 Å². The highest BCUT2D eigenvalue weighted by molar-refractivity contribution is 14.0. The lowest BCUT2D eigenvalue weighted by Gasteiger charge is -2.10. The van der Waals surface area contributed by atoms with Crippen LogP contribution >= 0.6 is 24.0 Å². The van der Waals surface area contributed by atoms with Crippen LogP contribution in [0.3, 0.4) is 0 Å². The Morgan fingerprint density at radius 2 is 2.00 bits per heavy atom. The van der Waals surface area contributed by atoms with Gasteiger partial charge in [-0.25, -0.2) is 0 Å². The van der Waals surface area contributed by atoms with Crippen LogP contribution in [0.15, 0.2) is 47.6 Å². The summed E-state index contributed by atoms with van der Waals surface area (Å²) in [4.78, 5) is 4.38. The maximum atomic E-state index is 6.00. The molecular weight excluding hydrogens is 471 g/mol. The number of fused-ring (bicyclic) bond motifs is 2. The van der Waals surface area contributed by atoms with Gasteiger partial charge in [-0.05, 0) is 30.7 Å². The number of aryl methyl sites for hydroxylation is 1. The van der Waals surface area contributed by atoms with Gasteiger partial charge in [0.1, 0.15) is 5.82 Å². The molecule has 3 aromatic rings. The van der Waals surface area contributed by atoms with Crippen molar-refractivity contribution in [1.82, 2.24) is 14.6 Å². The van der Waals surface area contributed by atoms with Gasteiger partial charge in [0.2, 0.25) is 0 Å². The topological polar surface area (TPSA) is 99.1 Å². The first-order chi connectivity index (χ1) is 13.3. The number of nitrogens with zero attached hydrogens (tertiary/aromatic N) is 4. The molecule has 148 valence electrons. The number of ether oxygens (including phenoxy) is 2. The van der Waals surface area contributed by atoms with Gasteiger partial charge >= 0.3 is 0 Å². The molecule has 0 aliphatic carbocycles. The number of anilines is 1. The predicted octanol–water partition coefficient (Wildman–Crippen LogP) is 2.87. The van der Waals surface area contributed by atoms with Gasteiger partial charge < -0.3 is 20.5 Å². The molecule has 1 aliphatic heterocycles. The summed E-state index contributed by atoms with van der Waals surface area (Å²) in [6.45, 7) is 1.92. The fraction of sp³-hybridized carbons (Fsp3) is 0.316. The molecular formula is C19H23IN6O2. The van der Waals surface area contributed by atoms with E-state index in [-0.39, 0.29) is 24.0 Å². The molecule has 4 rings (SSSR count). The standard InChI is InChI=1S/C19H22N6O2.HI/c20-19(22-14-7-8-15-16(13-14)27-12-4-11-26-15)21-9-3-6-18-24-23-17-5-1-2-10-25(17)18;/h1-2,5,7-8,10,13H,3-4,6,9,11-12H2,(H3,20,21,22);1H. The number of hydrogen-bond donors (Lipinski definition) is 2. The third kappa shape index (κ3) is 4.83. The molecule has 3 N–H and O–H groups in total. The quantitative estimate of drug-likeness (QED) is 0.245. The molecule has 0 saturated carbocycles. The van der Waals surface area contributed by atoms with Crippen LogP contribution in [0.25, 0.3) is 5.65 Å². The molecule has 0 spiro atoms. The summed E-state index contributed by atoms with van der Waals surface area (Å²) in [5.74, 6) is 2.78. The predicted molar refractivity (Wildman–Crippen MR) is 119 cm³/mol. The fourth-order valence-electron chi connectivity index (χ4n) is 2.93. The van der Waals surface area contributed by atoms with Crippen LogP contribution < -0.4 is 20.5 Å². The van der Waals surface area contributed by atoms with E-state index in [9.17, 15) is 0 Å². The molecule has 0 saturated heterocycles. The van der Waals surface area contributed by atoms with Gasteiger partial charge in [-0.3, -0.25) is 9.39 Å². The summed E-state index contributed by atoms with van der Waals surface area (Å²) in [6, 6.07) is 11.5. The minimum absolute atomic E-state index is 0. The first kappa shape index (κ1) is 20.2. The van der Waals surface area contributed by atoms with Crippen molar-refractivity contribution in [2.24, 2.45) is 10.7 Å². The van der Waals surface area contributed by atoms with E-state index < -0.39 is 0 Å². The normalized spacial score (nSPS) is 13.6.